The Kier molecular flexibility index (Phi) is 4.69. The lowest BCUT2D eigenvalue weighted by Gasteiger charge is -2.03. The number of Topliss-reactive ketones (excluding diaryl/α,β-unsaturated/α-hetero) is 1. The Bertz CT molecular complexity index is 1120. The minimum absolute atomic E-state index is 0.324. The van der Waals surface area contributed by atoms with Crippen LogP contribution in [0.3, 0.4) is 0 Å². The number of benzene rings is 1. The van der Waals surface area contributed by atoms with Gasteiger partial charge in [0, 0.05) is 40.8 Å². The fourth-order valence-corrected chi connectivity index (χ4v) is 2.80. The first kappa shape index (κ1) is 17.6. The second-order valence-electron chi connectivity index (χ2n) is 6.00. The zero-order chi connectivity index (χ0) is 19.5. The molecule has 0 saturated carbocycles. The highest BCUT2D eigenvalue weighted by atomic mass is 16.5. The first-order chi connectivity index (χ1) is 13.7. The number of fused-ring (bicyclic) bond motifs is 1. The van der Waals surface area contributed by atoms with Gasteiger partial charge in [0.25, 0.3) is 0 Å². The van der Waals surface area contributed by atoms with E-state index in [1.807, 2.05) is 24.4 Å². The maximum Gasteiger partial charge on any atom is 0.247 e. The van der Waals surface area contributed by atoms with Crippen LogP contribution in [0.5, 0.6) is 5.88 Å². The molecule has 0 radical (unpaired) electrons. The van der Waals surface area contributed by atoms with Crippen LogP contribution in [0.4, 0.5) is 11.6 Å². The Morgan fingerprint density at radius 2 is 2.00 bits per heavy atom. The van der Waals surface area contributed by atoms with E-state index in [0.29, 0.717) is 23.0 Å². The van der Waals surface area contributed by atoms with Gasteiger partial charge in [0.05, 0.1) is 7.11 Å². The van der Waals surface area contributed by atoms with Crippen LogP contribution in [0.15, 0.2) is 60.9 Å². The number of methoxy groups -OCH3 is 1. The van der Waals surface area contributed by atoms with Gasteiger partial charge < -0.3 is 15.2 Å². The average molecular weight is 375 g/mol. The highest BCUT2D eigenvalue weighted by Crippen LogP contribution is 2.25. The van der Waals surface area contributed by atoms with Gasteiger partial charge in [-0.3, -0.25) is 4.79 Å². The number of nitrogens with zero attached hydrogens (tertiary/aromatic N) is 4. The normalized spacial score (nSPS) is 10.8. The average Bonchev–Trinajstić information content (AvgIpc) is 3.16. The molecule has 140 valence electrons. The molecule has 8 heteroatoms. The van der Waals surface area contributed by atoms with Crippen molar-refractivity contribution in [1.82, 2.24) is 19.6 Å². The predicted molar refractivity (Wildman–Crippen MR) is 104 cm³/mol. The van der Waals surface area contributed by atoms with Crippen molar-refractivity contribution < 1.29 is 14.6 Å². The Hall–Kier alpha value is -3.78. The van der Waals surface area contributed by atoms with E-state index in [-0.39, 0.29) is 5.78 Å². The molecule has 0 aliphatic carbocycles. The van der Waals surface area contributed by atoms with Gasteiger partial charge in [0.1, 0.15) is 6.61 Å². The van der Waals surface area contributed by atoms with E-state index < -0.39 is 6.61 Å². The molecule has 0 atom stereocenters. The van der Waals surface area contributed by atoms with Crippen LogP contribution in [-0.2, 0) is 0 Å². The van der Waals surface area contributed by atoms with Gasteiger partial charge in [-0.25, -0.2) is 9.50 Å². The molecule has 0 spiro atoms. The number of pyridine rings is 2. The summed E-state index contributed by atoms with van der Waals surface area (Å²) in [6, 6.07) is 14.3. The zero-order valence-corrected chi connectivity index (χ0v) is 15.0. The number of aliphatic hydroxyl groups excluding tert-OH is 1. The summed E-state index contributed by atoms with van der Waals surface area (Å²) < 4.78 is 6.79. The summed E-state index contributed by atoms with van der Waals surface area (Å²) in [5.41, 5.74) is 3.66. The second-order valence-corrected chi connectivity index (χ2v) is 6.00. The number of hydrogen-bond acceptors (Lipinski definition) is 7. The number of ketones is 1. The molecule has 0 aliphatic heterocycles. The van der Waals surface area contributed by atoms with E-state index in [1.54, 1.807) is 48.2 Å². The first-order valence-corrected chi connectivity index (χ1v) is 8.55. The number of carbonyl (C=O) groups excluding carboxylic acids is 1. The smallest absolute Gasteiger partial charge is 0.247 e. The summed E-state index contributed by atoms with van der Waals surface area (Å²) in [6.45, 7) is -0.510. The Morgan fingerprint density at radius 3 is 2.68 bits per heavy atom. The largest absolute Gasteiger partial charge is 0.481 e. The SMILES string of the molecule is COc1ccc(-c2cccn3nc(Nc4ccc(C(=O)CO)cc4)nc23)cn1. The number of hydrogen-bond donors (Lipinski definition) is 2. The number of nitrogens with one attached hydrogen (secondary N) is 1. The lowest BCUT2D eigenvalue weighted by atomic mass is 10.1. The van der Waals surface area contributed by atoms with Gasteiger partial charge >= 0.3 is 0 Å². The first-order valence-electron chi connectivity index (χ1n) is 8.55. The number of rotatable bonds is 6. The molecule has 0 bridgehead atoms. The molecule has 1 aromatic carbocycles. The molecule has 0 saturated heterocycles. The molecule has 4 aromatic rings. The van der Waals surface area contributed by atoms with Crippen LogP contribution < -0.4 is 10.1 Å². The molecule has 3 heterocycles. The summed E-state index contributed by atoms with van der Waals surface area (Å²) in [5, 5.41) is 16.5. The number of ether oxygens (including phenoxy) is 1. The highest BCUT2D eigenvalue weighted by molar-refractivity contribution is 5.97. The molecule has 3 aromatic heterocycles. The molecule has 0 unspecified atom stereocenters. The number of aliphatic hydroxyl groups is 1. The van der Waals surface area contributed by atoms with Crippen molar-refractivity contribution in [3.63, 3.8) is 0 Å². The van der Waals surface area contributed by atoms with E-state index >= 15 is 0 Å². The molecule has 0 amide bonds. The molecular formula is C20H17N5O3. The fraction of sp³-hybridized carbons (Fsp3) is 0.100. The Morgan fingerprint density at radius 1 is 1.18 bits per heavy atom. The molecule has 8 nitrogen and oxygen atoms in total. The van der Waals surface area contributed by atoms with Crippen LogP contribution >= 0.6 is 0 Å². The summed E-state index contributed by atoms with van der Waals surface area (Å²) in [4.78, 5) is 20.3. The number of carbonyl (C=O) groups is 1. The monoisotopic (exact) mass is 375 g/mol. The topological polar surface area (TPSA) is 102 Å². The van der Waals surface area contributed by atoms with Gasteiger partial charge in [-0.05, 0) is 42.5 Å². The van der Waals surface area contributed by atoms with Gasteiger partial charge in [-0.15, -0.1) is 5.10 Å². The van der Waals surface area contributed by atoms with Gasteiger partial charge in [0.2, 0.25) is 11.8 Å². The molecule has 2 N–H and O–H groups in total. The van der Waals surface area contributed by atoms with Gasteiger partial charge in [-0.1, -0.05) is 0 Å². The Labute approximate surface area is 160 Å². The summed E-state index contributed by atoms with van der Waals surface area (Å²) in [7, 11) is 1.57. The minimum atomic E-state index is -0.510. The molecule has 0 fully saturated rings. The number of anilines is 2. The standard InChI is InChI=1S/C20H17N5O3/c1-28-18-9-6-14(11-21-18)16-3-2-10-25-19(16)23-20(24-25)22-15-7-4-13(5-8-15)17(27)12-26/h2-11,26H,12H2,1H3,(H,22,24). The Balaban J connectivity index is 1.63. The third kappa shape index (κ3) is 3.40. The summed E-state index contributed by atoms with van der Waals surface area (Å²) in [6.07, 6.45) is 3.55. The molecule has 28 heavy (non-hydrogen) atoms. The molecule has 0 aliphatic rings. The van der Waals surface area contributed by atoms with Crippen LogP contribution in [0.1, 0.15) is 10.4 Å². The van der Waals surface area contributed by atoms with Crippen molar-refractivity contribution in [1.29, 1.82) is 0 Å². The third-order valence-electron chi connectivity index (χ3n) is 4.23. The zero-order valence-electron chi connectivity index (χ0n) is 15.0. The van der Waals surface area contributed by atoms with Crippen molar-refractivity contribution in [2.75, 3.05) is 19.0 Å². The third-order valence-corrected chi connectivity index (χ3v) is 4.23. The maximum atomic E-state index is 11.5. The van der Waals surface area contributed by atoms with Crippen molar-refractivity contribution in [2.45, 2.75) is 0 Å². The van der Waals surface area contributed by atoms with Gasteiger partial charge in [-0.2, -0.15) is 4.98 Å². The van der Waals surface area contributed by atoms with E-state index in [9.17, 15) is 4.79 Å². The van der Waals surface area contributed by atoms with Crippen LogP contribution in [-0.4, -0.2) is 44.2 Å². The predicted octanol–water partition coefficient (Wildman–Crippen LogP) is 2.72. The maximum absolute atomic E-state index is 11.5. The summed E-state index contributed by atoms with van der Waals surface area (Å²) in [5.74, 6) is 0.646. The fourth-order valence-electron chi connectivity index (χ4n) is 2.80. The quantitative estimate of drug-likeness (QED) is 0.500. The van der Waals surface area contributed by atoms with Crippen LogP contribution in [0.2, 0.25) is 0 Å². The van der Waals surface area contributed by atoms with E-state index in [2.05, 4.69) is 20.4 Å². The van der Waals surface area contributed by atoms with Crippen molar-refractivity contribution in [3.05, 3.63) is 66.5 Å². The van der Waals surface area contributed by atoms with Crippen molar-refractivity contribution in [2.24, 2.45) is 0 Å². The minimum Gasteiger partial charge on any atom is -0.481 e. The van der Waals surface area contributed by atoms with E-state index in [0.717, 1.165) is 16.8 Å². The lowest BCUT2D eigenvalue weighted by Crippen LogP contribution is -2.04. The van der Waals surface area contributed by atoms with Crippen molar-refractivity contribution >= 4 is 23.1 Å². The molecular weight excluding hydrogens is 358 g/mol. The van der Waals surface area contributed by atoms with Gasteiger partial charge in [0.15, 0.2) is 11.4 Å². The van der Waals surface area contributed by atoms with E-state index in [4.69, 9.17) is 9.84 Å². The van der Waals surface area contributed by atoms with Crippen molar-refractivity contribution in [3.8, 4) is 17.0 Å². The lowest BCUT2D eigenvalue weighted by molar-refractivity contribution is 0.0904. The summed E-state index contributed by atoms with van der Waals surface area (Å²) >= 11 is 0. The molecule has 4 rings (SSSR count). The van der Waals surface area contributed by atoms with Crippen LogP contribution in [0, 0.1) is 0 Å². The highest BCUT2D eigenvalue weighted by Gasteiger charge is 2.11. The van der Waals surface area contributed by atoms with Crippen LogP contribution in [0.25, 0.3) is 16.8 Å². The second kappa shape index (κ2) is 7.45. The number of aromatic nitrogens is 4. The van der Waals surface area contributed by atoms with E-state index in [1.165, 1.54) is 0 Å².